The number of hydrogen-bond acceptors (Lipinski definition) is 1. The molecule has 1 N–H and O–H groups in total. The summed E-state index contributed by atoms with van der Waals surface area (Å²) in [5.74, 6) is 0.415. The molecule has 0 amide bonds. The lowest BCUT2D eigenvalue weighted by molar-refractivity contribution is 0.477. The number of aromatic hydroxyl groups is 1. The van der Waals surface area contributed by atoms with Gasteiger partial charge in [-0.15, -0.1) is 0 Å². The summed E-state index contributed by atoms with van der Waals surface area (Å²) in [6.45, 7) is 8.21. The molecular weight excluding hydrogens is 184 g/mol. The van der Waals surface area contributed by atoms with E-state index in [4.69, 9.17) is 0 Å². The van der Waals surface area contributed by atoms with Crippen LogP contribution in [0.2, 0.25) is 0 Å². The number of aryl methyl sites for hydroxylation is 4. The van der Waals surface area contributed by atoms with Crippen molar-refractivity contribution in [3.05, 3.63) is 40.5 Å². The van der Waals surface area contributed by atoms with Crippen LogP contribution in [0.4, 0.5) is 0 Å². The highest BCUT2D eigenvalue weighted by Gasteiger charge is 2.07. The average Bonchev–Trinajstić information content (AvgIpc) is 2.18. The normalized spacial score (nSPS) is 10.9. The van der Waals surface area contributed by atoms with E-state index in [-0.39, 0.29) is 0 Å². The molecule has 1 heteroatoms. The number of fused-ring (bicyclic) bond motifs is 1. The van der Waals surface area contributed by atoms with Crippen molar-refractivity contribution in [1.82, 2.24) is 0 Å². The van der Waals surface area contributed by atoms with Crippen molar-refractivity contribution in [2.75, 3.05) is 0 Å². The molecule has 0 fully saturated rings. The molecular formula is C14H16O. The van der Waals surface area contributed by atoms with Gasteiger partial charge in [-0.1, -0.05) is 12.1 Å². The first-order chi connectivity index (χ1) is 7.00. The summed E-state index contributed by atoms with van der Waals surface area (Å²) in [7, 11) is 0. The Hall–Kier alpha value is -1.50. The van der Waals surface area contributed by atoms with Gasteiger partial charge in [0.15, 0.2) is 0 Å². The zero-order valence-corrected chi connectivity index (χ0v) is 9.68. The molecule has 15 heavy (non-hydrogen) atoms. The van der Waals surface area contributed by atoms with Crippen molar-refractivity contribution in [3.63, 3.8) is 0 Å². The van der Waals surface area contributed by atoms with Gasteiger partial charge in [0, 0.05) is 5.39 Å². The first kappa shape index (κ1) is 10.0. The largest absolute Gasteiger partial charge is 0.507 e. The monoisotopic (exact) mass is 200 g/mol. The Labute approximate surface area is 90.4 Å². The highest BCUT2D eigenvalue weighted by atomic mass is 16.3. The molecule has 0 bridgehead atoms. The molecule has 0 aliphatic carbocycles. The van der Waals surface area contributed by atoms with E-state index in [9.17, 15) is 5.11 Å². The van der Waals surface area contributed by atoms with Gasteiger partial charge in [-0.05, 0) is 61.4 Å². The van der Waals surface area contributed by atoms with Crippen molar-refractivity contribution in [3.8, 4) is 5.75 Å². The fraction of sp³-hybridized carbons (Fsp3) is 0.286. The summed E-state index contributed by atoms with van der Waals surface area (Å²) >= 11 is 0. The molecule has 0 spiro atoms. The van der Waals surface area contributed by atoms with Crippen LogP contribution >= 0.6 is 0 Å². The van der Waals surface area contributed by atoms with Crippen LogP contribution < -0.4 is 0 Å². The number of phenolic OH excluding ortho intramolecular Hbond substituents is 1. The standard InChI is InChI=1S/C14H16O/c1-8-6-12-10(3)5-11(4)14(15)13(12)7-9(8)2/h5-7,15H,1-4H3. The fourth-order valence-electron chi connectivity index (χ4n) is 2.02. The second kappa shape index (κ2) is 3.27. The minimum Gasteiger partial charge on any atom is -0.507 e. The van der Waals surface area contributed by atoms with E-state index in [2.05, 4.69) is 32.9 Å². The lowest BCUT2D eigenvalue weighted by Gasteiger charge is -2.10. The predicted molar refractivity (Wildman–Crippen MR) is 64.6 cm³/mol. The quantitative estimate of drug-likeness (QED) is 0.686. The lowest BCUT2D eigenvalue weighted by atomic mass is 9.96. The molecule has 0 saturated heterocycles. The molecule has 0 radical (unpaired) electrons. The summed E-state index contributed by atoms with van der Waals surface area (Å²) in [6.07, 6.45) is 0. The second-order valence-corrected chi connectivity index (χ2v) is 4.34. The van der Waals surface area contributed by atoms with Crippen molar-refractivity contribution in [2.45, 2.75) is 27.7 Å². The molecule has 0 aliphatic heterocycles. The Morgan fingerprint density at radius 1 is 0.667 bits per heavy atom. The van der Waals surface area contributed by atoms with Crippen LogP contribution in [0.3, 0.4) is 0 Å². The molecule has 0 atom stereocenters. The Kier molecular flexibility index (Phi) is 2.18. The Morgan fingerprint density at radius 3 is 1.80 bits per heavy atom. The van der Waals surface area contributed by atoms with Gasteiger partial charge in [-0.25, -0.2) is 0 Å². The maximum absolute atomic E-state index is 10.00. The van der Waals surface area contributed by atoms with Crippen LogP contribution in [0.5, 0.6) is 5.75 Å². The van der Waals surface area contributed by atoms with Crippen molar-refractivity contribution >= 4 is 10.8 Å². The molecule has 0 heterocycles. The van der Waals surface area contributed by atoms with Gasteiger partial charge in [0.1, 0.15) is 5.75 Å². The van der Waals surface area contributed by atoms with Crippen LogP contribution in [0.15, 0.2) is 18.2 Å². The third kappa shape index (κ3) is 1.48. The first-order valence-electron chi connectivity index (χ1n) is 5.21. The Morgan fingerprint density at radius 2 is 1.20 bits per heavy atom. The predicted octanol–water partition coefficient (Wildman–Crippen LogP) is 3.78. The van der Waals surface area contributed by atoms with Gasteiger partial charge in [-0.3, -0.25) is 0 Å². The summed E-state index contributed by atoms with van der Waals surface area (Å²) < 4.78 is 0. The molecule has 2 rings (SSSR count). The molecule has 2 aromatic rings. The number of phenols is 1. The highest BCUT2D eigenvalue weighted by molar-refractivity contribution is 5.93. The van der Waals surface area contributed by atoms with Crippen LogP contribution in [-0.4, -0.2) is 5.11 Å². The molecule has 1 nitrogen and oxygen atoms in total. The van der Waals surface area contributed by atoms with E-state index in [1.54, 1.807) is 0 Å². The zero-order valence-electron chi connectivity index (χ0n) is 9.68. The van der Waals surface area contributed by atoms with Gasteiger partial charge in [0.25, 0.3) is 0 Å². The Balaban J connectivity index is 2.97. The summed E-state index contributed by atoms with van der Waals surface area (Å²) in [5, 5.41) is 12.1. The molecule has 78 valence electrons. The van der Waals surface area contributed by atoms with E-state index in [0.29, 0.717) is 5.75 Å². The topological polar surface area (TPSA) is 20.2 Å². The number of benzene rings is 2. The van der Waals surface area contributed by atoms with Crippen LogP contribution in [0, 0.1) is 27.7 Å². The van der Waals surface area contributed by atoms with Crippen molar-refractivity contribution in [2.24, 2.45) is 0 Å². The summed E-state index contributed by atoms with van der Waals surface area (Å²) in [4.78, 5) is 0. The first-order valence-corrected chi connectivity index (χ1v) is 5.21. The maximum atomic E-state index is 10.00. The van der Waals surface area contributed by atoms with Crippen molar-refractivity contribution in [1.29, 1.82) is 0 Å². The van der Waals surface area contributed by atoms with E-state index in [1.165, 1.54) is 16.7 Å². The van der Waals surface area contributed by atoms with Crippen LogP contribution in [-0.2, 0) is 0 Å². The fourth-order valence-corrected chi connectivity index (χ4v) is 2.02. The van der Waals surface area contributed by atoms with Crippen LogP contribution in [0.1, 0.15) is 22.3 Å². The third-order valence-electron chi connectivity index (χ3n) is 3.12. The SMILES string of the molecule is Cc1cc2c(C)cc(C)c(O)c2cc1C. The molecule has 0 unspecified atom stereocenters. The summed E-state index contributed by atoms with van der Waals surface area (Å²) in [5.41, 5.74) is 4.67. The van der Waals surface area contributed by atoms with Gasteiger partial charge in [0.05, 0.1) is 0 Å². The average molecular weight is 200 g/mol. The van der Waals surface area contributed by atoms with Crippen molar-refractivity contribution < 1.29 is 5.11 Å². The Bertz CT molecular complexity index is 539. The zero-order chi connectivity index (χ0) is 11.2. The molecule has 0 saturated carbocycles. The maximum Gasteiger partial charge on any atom is 0.126 e. The van der Waals surface area contributed by atoms with Crippen LogP contribution in [0.25, 0.3) is 10.8 Å². The molecule has 0 aromatic heterocycles. The summed E-state index contributed by atoms with van der Waals surface area (Å²) in [6, 6.07) is 6.26. The van der Waals surface area contributed by atoms with Gasteiger partial charge >= 0.3 is 0 Å². The highest BCUT2D eigenvalue weighted by Crippen LogP contribution is 2.32. The molecule has 2 aromatic carbocycles. The van der Waals surface area contributed by atoms with Gasteiger partial charge < -0.3 is 5.11 Å². The minimum atomic E-state index is 0.415. The lowest BCUT2D eigenvalue weighted by Crippen LogP contribution is -1.87. The minimum absolute atomic E-state index is 0.415. The van der Waals surface area contributed by atoms with E-state index in [1.807, 2.05) is 13.0 Å². The number of hydrogen-bond donors (Lipinski definition) is 1. The molecule has 0 aliphatic rings. The van der Waals surface area contributed by atoms with Gasteiger partial charge in [0.2, 0.25) is 0 Å². The smallest absolute Gasteiger partial charge is 0.126 e. The number of rotatable bonds is 0. The van der Waals surface area contributed by atoms with E-state index >= 15 is 0 Å². The van der Waals surface area contributed by atoms with Gasteiger partial charge in [-0.2, -0.15) is 0 Å². The van der Waals surface area contributed by atoms with E-state index in [0.717, 1.165) is 16.3 Å². The second-order valence-electron chi connectivity index (χ2n) is 4.34. The third-order valence-corrected chi connectivity index (χ3v) is 3.12. The van der Waals surface area contributed by atoms with E-state index < -0.39 is 0 Å².